The Bertz CT molecular complexity index is 612. The topological polar surface area (TPSA) is 64.3 Å². The zero-order chi connectivity index (χ0) is 14.5. The second-order valence-corrected chi connectivity index (χ2v) is 4.31. The Kier molecular flexibility index (Phi) is 4.20. The molecule has 0 unspecified atom stereocenters. The molecule has 4 nitrogen and oxygen atoms in total. The molecular weight excluding hydrogens is 259 g/mol. The second kappa shape index (κ2) is 6.06. The predicted molar refractivity (Wildman–Crippen MR) is 76.1 cm³/mol. The number of nitrogen functional groups attached to an aromatic ring is 1. The molecule has 104 valence electrons. The van der Waals surface area contributed by atoms with E-state index in [1.807, 2.05) is 0 Å². The zero-order valence-corrected chi connectivity index (χ0v) is 11.0. The molecule has 0 atom stereocenters. The van der Waals surface area contributed by atoms with Crippen molar-refractivity contribution in [3.8, 4) is 5.75 Å². The molecule has 0 saturated carbocycles. The Labute approximate surface area is 116 Å². The molecule has 2 aromatic carbocycles. The molecule has 0 saturated heterocycles. The average Bonchev–Trinajstić information content (AvgIpc) is 2.43. The summed E-state index contributed by atoms with van der Waals surface area (Å²) in [5, 5.41) is 2.74. The molecule has 0 aliphatic carbocycles. The molecule has 2 rings (SSSR count). The van der Waals surface area contributed by atoms with E-state index in [1.165, 1.54) is 19.2 Å². The summed E-state index contributed by atoms with van der Waals surface area (Å²) in [5.74, 6) is -0.00885. The van der Waals surface area contributed by atoms with Crippen LogP contribution in [0.15, 0.2) is 42.5 Å². The first-order valence-corrected chi connectivity index (χ1v) is 6.06. The van der Waals surface area contributed by atoms with Crippen LogP contribution in [0.4, 0.5) is 15.8 Å². The van der Waals surface area contributed by atoms with Crippen LogP contribution in [0.1, 0.15) is 5.56 Å². The van der Waals surface area contributed by atoms with E-state index in [-0.39, 0.29) is 18.1 Å². The van der Waals surface area contributed by atoms with Crippen LogP contribution < -0.4 is 15.8 Å². The number of carbonyl (C=O) groups excluding carboxylic acids is 1. The Hall–Kier alpha value is -2.56. The fourth-order valence-electron chi connectivity index (χ4n) is 1.78. The molecule has 0 spiro atoms. The number of carbonyl (C=O) groups is 1. The molecule has 0 bridgehead atoms. The highest BCUT2D eigenvalue weighted by Gasteiger charge is 2.06. The van der Waals surface area contributed by atoms with Crippen molar-refractivity contribution in [2.75, 3.05) is 18.2 Å². The smallest absolute Gasteiger partial charge is 0.228 e. The molecule has 2 aromatic rings. The lowest BCUT2D eigenvalue weighted by atomic mass is 10.1. The van der Waals surface area contributed by atoms with Crippen molar-refractivity contribution in [2.24, 2.45) is 0 Å². The minimum absolute atomic E-state index is 0.174. The van der Waals surface area contributed by atoms with E-state index in [0.717, 1.165) is 5.56 Å². The molecular formula is C15H15FN2O2. The quantitative estimate of drug-likeness (QED) is 0.842. The van der Waals surface area contributed by atoms with Crippen molar-refractivity contribution in [3.05, 3.63) is 53.8 Å². The maximum atomic E-state index is 12.8. The summed E-state index contributed by atoms with van der Waals surface area (Å²) >= 11 is 0. The maximum Gasteiger partial charge on any atom is 0.228 e. The number of methoxy groups -OCH3 is 1. The second-order valence-electron chi connectivity index (χ2n) is 4.31. The number of anilines is 2. The highest BCUT2D eigenvalue weighted by Crippen LogP contribution is 2.25. The summed E-state index contributed by atoms with van der Waals surface area (Å²) in [6.45, 7) is 0. The fraction of sp³-hybridized carbons (Fsp3) is 0.133. The standard InChI is InChI=1S/C15H15FN2O2/c1-20-14-9-12(6-7-13(14)17)18-15(19)8-10-2-4-11(16)5-3-10/h2-7,9H,8,17H2,1H3,(H,18,19). The van der Waals surface area contributed by atoms with Gasteiger partial charge in [0.25, 0.3) is 0 Å². The lowest BCUT2D eigenvalue weighted by Gasteiger charge is -2.09. The first kappa shape index (κ1) is 13.9. The summed E-state index contributed by atoms with van der Waals surface area (Å²) in [7, 11) is 1.51. The zero-order valence-electron chi connectivity index (χ0n) is 11.0. The van der Waals surface area contributed by atoms with Crippen molar-refractivity contribution >= 4 is 17.3 Å². The van der Waals surface area contributed by atoms with Gasteiger partial charge < -0.3 is 15.8 Å². The SMILES string of the molecule is COc1cc(NC(=O)Cc2ccc(F)cc2)ccc1N. The van der Waals surface area contributed by atoms with Gasteiger partial charge in [0.2, 0.25) is 5.91 Å². The average molecular weight is 274 g/mol. The largest absolute Gasteiger partial charge is 0.495 e. The Morgan fingerprint density at radius 3 is 2.60 bits per heavy atom. The van der Waals surface area contributed by atoms with Gasteiger partial charge in [0.05, 0.1) is 19.2 Å². The summed E-state index contributed by atoms with van der Waals surface area (Å²) in [4.78, 5) is 11.9. The van der Waals surface area contributed by atoms with Crippen LogP contribution in [0.2, 0.25) is 0 Å². The lowest BCUT2D eigenvalue weighted by Crippen LogP contribution is -2.14. The van der Waals surface area contributed by atoms with Crippen molar-refractivity contribution in [1.29, 1.82) is 0 Å². The highest BCUT2D eigenvalue weighted by molar-refractivity contribution is 5.92. The van der Waals surface area contributed by atoms with Crippen LogP contribution in [-0.4, -0.2) is 13.0 Å². The van der Waals surface area contributed by atoms with E-state index in [9.17, 15) is 9.18 Å². The van der Waals surface area contributed by atoms with Crippen molar-refractivity contribution in [2.45, 2.75) is 6.42 Å². The monoisotopic (exact) mass is 274 g/mol. The van der Waals surface area contributed by atoms with Crippen LogP contribution in [0.3, 0.4) is 0 Å². The number of ether oxygens (including phenoxy) is 1. The third kappa shape index (κ3) is 3.47. The van der Waals surface area contributed by atoms with Crippen LogP contribution in [-0.2, 0) is 11.2 Å². The number of nitrogens with one attached hydrogen (secondary N) is 1. The Morgan fingerprint density at radius 2 is 1.95 bits per heavy atom. The van der Waals surface area contributed by atoms with Crippen molar-refractivity contribution < 1.29 is 13.9 Å². The number of amides is 1. The first-order valence-electron chi connectivity index (χ1n) is 6.06. The number of rotatable bonds is 4. The van der Waals surface area contributed by atoms with E-state index in [4.69, 9.17) is 10.5 Å². The third-order valence-corrected chi connectivity index (χ3v) is 2.80. The van der Waals surface area contributed by atoms with E-state index < -0.39 is 0 Å². The van der Waals surface area contributed by atoms with Gasteiger partial charge in [-0.1, -0.05) is 12.1 Å². The van der Waals surface area contributed by atoms with E-state index >= 15 is 0 Å². The first-order chi connectivity index (χ1) is 9.58. The Morgan fingerprint density at radius 1 is 1.25 bits per heavy atom. The van der Waals surface area contributed by atoms with Gasteiger partial charge >= 0.3 is 0 Å². The van der Waals surface area contributed by atoms with Crippen LogP contribution in [0.25, 0.3) is 0 Å². The minimum atomic E-state index is -0.322. The van der Waals surface area contributed by atoms with E-state index in [0.29, 0.717) is 17.1 Å². The molecule has 0 heterocycles. The molecule has 0 fully saturated rings. The molecule has 5 heteroatoms. The van der Waals surface area contributed by atoms with Gasteiger partial charge in [0.15, 0.2) is 0 Å². The van der Waals surface area contributed by atoms with Gasteiger partial charge in [-0.3, -0.25) is 4.79 Å². The summed E-state index contributed by atoms with van der Waals surface area (Å²) in [6, 6.07) is 10.8. The van der Waals surface area contributed by atoms with Gasteiger partial charge in [0, 0.05) is 11.8 Å². The van der Waals surface area contributed by atoms with Crippen LogP contribution in [0.5, 0.6) is 5.75 Å². The predicted octanol–water partition coefficient (Wildman–Crippen LogP) is 2.60. The van der Waals surface area contributed by atoms with Gasteiger partial charge in [-0.15, -0.1) is 0 Å². The van der Waals surface area contributed by atoms with Gasteiger partial charge in [-0.2, -0.15) is 0 Å². The normalized spacial score (nSPS) is 10.1. The number of hydrogen-bond donors (Lipinski definition) is 2. The molecule has 1 amide bonds. The number of benzene rings is 2. The molecule has 0 aliphatic heterocycles. The molecule has 0 aliphatic rings. The number of nitrogens with two attached hydrogens (primary N) is 1. The van der Waals surface area contributed by atoms with Crippen LogP contribution in [0, 0.1) is 5.82 Å². The lowest BCUT2D eigenvalue weighted by molar-refractivity contribution is -0.115. The third-order valence-electron chi connectivity index (χ3n) is 2.80. The van der Waals surface area contributed by atoms with E-state index in [1.54, 1.807) is 30.3 Å². The summed E-state index contributed by atoms with van der Waals surface area (Å²) < 4.78 is 17.8. The molecule has 0 aromatic heterocycles. The van der Waals surface area contributed by atoms with Crippen LogP contribution >= 0.6 is 0 Å². The minimum Gasteiger partial charge on any atom is -0.495 e. The molecule has 3 N–H and O–H groups in total. The number of halogens is 1. The van der Waals surface area contributed by atoms with Crippen molar-refractivity contribution in [3.63, 3.8) is 0 Å². The molecule has 20 heavy (non-hydrogen) atoms. The molecule has 0 radical (unpaired) electrons. The van der Waals surface area contributed by atoms with Gasteiger partial charge in [-0.25, -0.2) is 4.39 Å². The van der Waals surface area contributed by atoms with E-state index in [2.05, 4.69) is 5.32 Å². The number of hydrogen-bond acceptors (Lipinski definition) is 3. The van der Waals surface area contributed by atoms with Gasteiger partial charge in [-0.05, 0) is 29.8 Å². The highest BCUT2D eigenvalue weighted by atomic mass is 19.1. The maximum absolute atomic E-state index is 12.8. The fourth-order valence-corrected chi connectivity index (χ4v) is 1.78. The summed E-state index contributed by atoms with van der Waals surface area (Å²) in [6.07, 6.45) is 0.174. The Balaban J connectivity index is 2.02. The van der Waals surface area contributed by atoms with Gasteiger partial charge in [0.1, 0.15) is 11.6 Å². The van der Waals surface area contributed by atoms with Crippen molar-refractivity contribution in [1.82, 2.24) is 0 Å². The summed E-state index contributed by atoms with van der Waals surface area (Å²) in [5.41, 5.74) is 7.54.